The molecular formula is C13H26N2S. The molecule has 1 heterocycles. The van der Waals surface area contributed by atoms with Crippen molar-refractivity contribution in [1.29, 1.82) is 0 Å². The van der Waals surface area contributed by atoms with Gasteiger partial charge in [-0.3, -0.25) is 0 Å². The van der Waals surface area contributed by atoms with Crippen molar-refractivity contribution in [3.8, 4) is 0 Å². The van der Waals surface area contributed by atoms with Crippen LogP contribution in [0.3, 0.4) is 0 Å². The third kappa shape index (κ3) is 2.93. The summed E-state index contributed by atoms with van der Waals surface area (Å²) in [5.41, 5.74) is 0. The molecule has 0 aromatic carbocycles. The van der Waals surface area contributed by atoms with Gasteiger partial charge in [0.2, 0.25) is 0 Å². The van der Waals surface area contributed by atoms with Crippen molar-refractivity contribution in [3.63, 3.8) is 0 Å². The lowest BCUT2D eigenvalue weighted by Gasteiger charge is -2.45. The van der Waals surface area contributed by atoms with Gasteiger partial charge in [0.15, 0.2) is 0 Å². The smallest absolute Gasteiger partial charge is 0.0284 e. The normalized spacial score (nSPS) is 26.6. The Kier molecular flexibility index (Phi) is 4.57. The molecule has 1 aliphatic carbocycles. The number of nitrogens with one attached hydrogen (secondary N) is 1. The van der Waals surface area contributed by atoms with Crippen LogP contribution in [0, 0.1) is 0 Å². The third-order valence-electron chi connectivity index (χ3n) is 4.29. The van der Waals surface area contributed by atoms with Gasteiger partial charge in [-0.05, 0) is 51.6 Å². The van der Waals surface area contributed by atoms with Crippen LogP contribution in [0.2, 0.25) is 0 Å². The van der Waals surface area contributed by atoms with Gasteiger partial charge in [0.25, 0.3) is 0 Å². The Labute approximate surface area is 105 Å². The molecule has 0 amide bonds. The summed E-state index contributed by atoms with van der Waals surface area (Å²) in [6.45, 7) is 7.29. The van der Waals surface area contributed by atoms with Crippen molar-refractivity contribution in [2.45, 2.75) is 49.8 Å². The van der Waals surface area contributed by atoms with E-state index in [0.717, 1.165) is 12.6 Å². The topological polar surface area (TPSA) is 15.3 Å². The quantitative estimate of drug-likeness (QED) is 0.797. The highest BCUT2D eigenvalue weighted by Crippen LogP contribution is 2.43. The van der Waals surface area contributed by atoms with Crippen LogP contribution >= 0.6 is 11.8 Å². The SMILES string of the molecule is CCNC1CCN(CC2(SC)CCC2)CC1. The lowest BCUT2D eigenvalue weighted by molar-refractivity contribution is 0.157. The summed E-state index contributed by atoms with van der Waals surface area (Å²) in [6.07, 6.45) is 9.33. The Morgan fingerprint density at radius 1 is 1.31 bits per heavy atom. The van der Waals surface area contributed by atoms with Gasteiger partial charge >= 0.3 is 0 Å². The Hall–Kier alpha value is 0.270. The first-order valence-corrected chi connectivity index (χ1v) is 8.01. The van der Waals surface area contributed by atoms with Gasteiger partial charge < -0.3 is 10.2 Å². The number of nitrogens with zero attached hydrogens (tertiary/aromatic N) is 1. The van der Waals surface area contributed by atoms with E-state index in [1.807, 2.05) is 0 Å². The summed E-state index contributed by atoms with van der Waals surface area (Å²) in [5, 5.41) is 3.58. The number of rotatable bonds is 5. The highest BCUT2D eigenvalue weighted by atomic mass is 32.2. The maximum atomic E-state index is 3.58. The highest BCUT2D eigenvalue weighted by Gasteiger charge is 2.38. The summed E-state index contributed by atoms with van der Waals surface area (Å²) in [7, 11) is 0. The minimum atomic E-state index is 0.630. The van der Waals surface area contributed by atoms with Gasteiger partial charge in [-0.1, -0.05) is 13.3 Å². The van der Waals surface area contributed by atoms with Crippen LogP contribution in [0.5, 0.6) is 0 Å². The first-order valence-electron chi connectivity index (χ1n) is 6.79. The molecule has 2 nitrogen and oxygen atoms in total. The first-order chi connectivity index (χ1) is 7.78. The van der Waals surface area contributed by atoms with Crippen molar-refractivity contribution in [1.82, 2.24) is 10.2 Å². The monoisotopic (exact) mass is 242 g/mol. The number of likely N-dealkylation sites (tertiary alicyclic amines) is 1. The summed E-state index contributed by atoms with van der Waals surface area (Å²) in [5.74, 6) is 0. The maximum Gasteiger partial charge on any atom is 0.0284 e. The van der Waals surface area contributed by atoms with Crippen molar-refractivity contribution in [2.75, 3.05) is 32.4 Å². The number of piperidine rings is 1. The Morgan fingerprint density at radius 3 is 2.44 bits per heavy atom. The van der Waals surface area contributed by atoms with E-state index in [-0.39, 0.29) is 0 Å². The summed E-state index contributed by atoms with van der Waals surface area (Å²) < 4.78 is 0.630. The molecule has 1 saturated heterocycles. The van der Waals surface area contributed by atoms with Crippen LogP contribution in [0.1, 0.15) is 39.0 Å². The molecule has 0 aromatic rings. The van der Waals surface area contributed by atoms with Crippen molar-refractivity contribution >= 4 is 11.8 Å². The third-order valence-corrected chi connectivity index (χ3v) is 5.69. The zero-order chi connectivity index (χ0) is 11.4. The Morgan fingerprint density at radius 2 is 2.00 bits per heavy atom. The van der Waals surface area contributed by atoms with E-state index in [2.05, 4.69) is 35.2 Å². The number of hydrogen-bond acceptors (Lipinski definition) is 3. The predicted molar refractivity (Wildman–Crippen MR) is 73.2 cm³/mol. The van der Waals surface area contributed by atoms with E-state index in [9.17, 15) is 0 Å². The Bertz CT molecular complexity index is 202. The number of thioether (sulfide) groups is 1. The van der Waals surface area contributed by atoms with Gasteiger partial charge in [0.1, 0.15) is 0 Å². The average Bonchev–Trinajstić information content (AvgIpc) is 2.26. The van der Waals surface area contributed by atoms with Crippen LogP contribution < -0.4 is 5.32 Å². The number of hydrogen-bond donors (Lipinski definition) is 1. The van der Waals surface area contributed by atoms with Gasteiger partial charge in [-0.2, -0.15) is 11.8 Å². The standard InChI is InChI=1S/C13H26N2S/c1-3-14-12-5-9-15(10-6-12)11-13(16-2)7-4-8-13/h12,14H,3-11H2,1-2H3. The second-order valence-corrected chi connectivity index (χ2v) is 6.62. The molecule has 1 saturated carbocycles. The molecule has 1 aliphatic heterocycles. The molecule has 0 radical (unpaired) electrons. The summed E-state index contributed by atoms with van der Waals surface area (Å²) in [6, 6.07) is 0.785. The Balaban J connectivity index is 1.72. The van der Waals surface area contributed by atoms with Crippen molar-refractivity contribution in [2.24, 2.45) is 0 Å². The van der Waals surface area contributed by atoms with Crippen LogP contribution in [0.25, 0.3) is 0 Å². The van der Waals surface area contributed by atoms with Gasteiger partial charge in [-0.25, -0.2) is 0 Å². The van der Waals surface area contributed by atoms with Gasteiger partial charge in [0.05, 0.1) is 0 Å². The van der Waals surface area contributed by atoms with Crippen LogP contribution in [-0.2, 0) is 0 Å². The molecule has 3 heteroatoms. The van der Waals surface area contributed by atoms with Crippen molar-refractivity contribution < 1.29 is 0 Å². The molecule has 16 heavy (non-hydrogen) atoms. The summed E-state index contributed by atoms with van der Waals surface area (Å²) in [4.78, 5) is 2.70. The zero-order valence-corrected chi connectivity index (χ0v) is 11.6. The first kappa shape index (κ1) is 12.7. The molecule has 94 valence electrons. The van der Waals surface area contributed by atoms with E-state index < -0.39 is 0 Å². The lowest BCUT2D eigenvalue weighted by Crippen LogP contribution is -2.50. The van der Waals surface area contributed by atoms with E-state index >= 15 is 0 Å². The second-order valence-electron chi connectivity index (χ2n) is 5.35. The van der Waals surface area contributed by atoms with E-state index in [0.29, 0.717) is 4.75 Å². The van der Waals surface area contributed by atoms with Crippen LogP contribution in [0.4, 0.5) is 0 Å². The van der Waals surface area contributed by atoms with Crippen LogP contribution in [-0.4, -0.2) is 48.1 Å². The fourth-order valence-electron chi connectivity index (χ4n) is 2.99. The van der Waals surface area contributed by atoms with E-state index in [1.165, 1.54) is 51.7 Å². The molecule has 0 bridgehead atoms. The minimum Gasteiger partial charge on any atom is -0.314 e. The average molecular weight is 242 g/mol. The summed E-state index contributed by atoms with van der Waals surface area (Å²) >= 11 is 2.11. The highest BCUT2D eigenvalue weighted by molar-refractivity contribution is 8.00. The molecule has 2 aliphatic rings. The minimum absolute atomic E-state index is 0.630. The molecular weight excluding hydrogens is 216 g/mol. The van der Waals surface area contributed by atoms with E-state index in [4.69, 9.17) is 0 Å². The molecule has 2 rings (SSSR count). The van der Waals surface area contributed by atoms with Crippen LogP contribution in [0.15, 0.2) is 0 Å². The fraction of sp³-hybridized carbons (Fsp3) is 1.00. The second kappa shape index (κ2) is 5.74. The molecule has 1 N–H and O–H groups in total. The van der Waals surface area contributed by atoms with E-state index in [1.54, 1.807) is 0 Å². The van der Waals surface area contributed by atoms with Crippen molar-refractivity contribution in [3.05, 3.63) is 0 Å². The largest absolute Gasteiger partial charge is 0.314 e. The predicted octanol–water partition coefficient (Wildman–Crippen LogP) is 2.35. The molecule has 0 aromatic heterocycles. The maximum absolute atomic E-state index is 3.58. The van der Waals surface area contributed by atoms with Gasteiger partial charge in [0, 0.05) is 17.3 Å². The molecule has 0 atom stereocenters. The molecule has 0 unspecified atom stereocenters. The van der Waals surface area contributed by atoms with Gasteiger partial charge in [-0.15, -0.1) is 0 Å². The lowest BCUT2D eigenvalue weighted by atomic mass is 9.83. The zero-order valence-electron chi connectivity index (χ0n) is 10.8. The fourth-order valence-corrected chi connectivity index (χ4v) is 4.00. The molecule has 0 spiro atoms. The molecule has 2 fully saturated rings.